The van der Waals surface area contributed by atoms with Gasteiger partial charge in [-0.05, 0) is 24.5 Å². The van der Waals surface area contributed by atoms with Crippen molar-refractivity contribution in [3.63, 3.8) is 0 Å². The molecule has 0 aromatic heterocycles. The summed E-state index contributed by atoms with van der Waals surface area (Å²) in [5.41, 5.74) is 2.31. The Morgan fingerprint density at radius 3 is 2.80 bits per heavy atom. The van der Waals surface area contributed by atoms with E-state index in [4.69, 9.17) is 4.74 Å². The van der Waals surface area contributed by atoms with E-state index >= 15 is 0 Å². The highest BCUT2D eigenvalue weighted by Gasteiger charge is 2.11. The summed E-state index contributed by atoms with van der Waals surface area (Å²) < 4.78 is 5.12. The van der Waals surface area contributed by atoms with Crippen molar-refractivity contribution in [2.75, 3.05) is 13.7 Å². The molecule has 0 aliphatic heterocycles. The first kappa shape index (κ1) is 16.7. The largest absolute Gasteiger partial charge is 0.380 e. The molecule has 0 heterocycles. The zero-order chi connectivity index (χ0) is 14.8. The lowest BCUT2D eigenvalue weighted by atomic mass is 10.1. The maximum atomic E-state index is 11.8. The van der Waals surface area contributed by atoms with Gasteiger partial charge in [-0.15, -0.1) is 0 Å². The minimum Gasteiger partial charge on any atom is -0.380 e. The summed E-state index contributed by atoms with van der Waals surface area (Å²) in [5, 5.41) is 6.17. The third kappa shape index (κ3) is 6.17. The third-order valence-corrected chi connectivity index (χ3v) is 3.14. The zero-order valence-corrected chi connectivity index (χ0v) is 12.7. The van der Waals surface area contributed by atoms with Gasteiger partial charge in [-0.25, -0.2) is 0 Å². The topological polar surface area (TPSA) is 50.4 Å². The second-order valence-electron chi connectivity index (χ2n) is 5.00. The minimum absolute atomic E-state index is 0.0616. The van der Waals surface area contributed by atoms with Crippen LogP contribution in [0.5, 0.6) is 0 Å². The van der Waals surface area contributed by atoms with Gasteiger partial charge in [-0.3, -0.25) is 4.79 Å². The lowest BCUT2D eigenvalue weighted by Gasteiger charge is -2.14. The Morgan fingerprint density at radius 2 is 2.10 bits per heavy atom. The van der Waals surface area contributed by atoms with Crippen LogP contribution in [0.4, 0.5) is 0 Å². The number of rotatable bonds is 9. The Bertz CT molecular complexity index is 407. The number of hydrogen-bond acceptors (Lipinski definition) is 3. The molecule has 0 aliphatic rings. The van der Waals surface area contributed by atoms with Crippen molar-refractivity contribution in [3.05, 3.63) is 35.4 Å². The number of benzene rings is 1. The Labute approximate surface area is 121 Å². The average molecular weight is 278 g/mol. The molecule has 1 unspecified atom stereocenters. The third-order valence-electron chi connectivity index (χ3n) is 3.14. The van der Waals surface area contributed by atoms with Crippen LogP contribution in [0.3, 0.4) is 0 Å². The lowest BCUT2D eigenvalue weighted by molar-refractivity contribution is -0.122. The maximum Gasteiger partial charge on any atom is 0.236 e. The van der Waals surface area contributed by atoms with Gasteiger partial charge in [0, 0.05) is 20.2 Å². The number of amides is 1. The molecule has 0 spiro atoms. The van der Waals surface area contributed by atoms with Gasteiger partial charge >= 0.3 is 0 Å². The fourth-order valence-electron chi connectivity index (χ4n) is 1.90. The van der Waals surface area contributed by atoms with Gasteiger partial charge < -0.3 is 15.4 Å². The van der Waals surface area contributed by atoms with Crippen LogP contribution < -0.4 is 10.6 Å². The molecule has 1 aromatic rings. The van der Waals surface area contributed by atoms with Crippen LogP contribution in [-0.4, -0.2) is 25.6 Å². The molecule has 2 N–H and O–H groups in total. The summed E-state index contributed by atoms with van der Waals surface area (Å²) in [5.74, 6) is 0.0616. The van der Waals surface area contributed by atoms with Crippen molar-refractivity contribution in [2.45, 2.75) is 45.9 Å². The van der Waals surface area contributed by atoms with Crippen LogP contribution in [0, 0.1) is 0 Å². The highest BCUT2D eigenvalue weighted by molar-refractivity contribution is 5.81. The number of carbonyl (C=O) groups is 1. The van der Waals surface area contributed by atoms with E-state index in [0.717, 1.165) is 30.5 Å². The fraction of sp³-hybridized carbons (Fsp3) is 0.562. The summed E-state index contributed by atoms with van der Waals surface area (Å²) in [4.78, 5) is 11.8. The van der Waals surface area contributed by atoms with Gasteiger partial charge in [-0.1, -0.05) is 37.6 Å². The summed E-state index contributed by atoms with van der Waals surface area (Å²) >= 11 is 0. The highest BCUT2D eigenvalue weighted by Crippen LogP contribution is 2.06. The molecule has 1 aromatic carbocycles. The zero-order valence-electron chi connectivity index (χ0n) is 12.7. The van der Waals surface area contributed by atoms with Crippen LogP contribution >= 0.6 is 0 Å². The van der Waals surface area contributed by atoms with E-state index in [-0.39, 0.29) is 11.9 Å². The molecule has 112 valence electrons. The smallest absolute Gasteiger partial charge is 0.236 e. The average Bonchev–Trinajstić information content (AvgIpc) is 2.45. The first-order chi connectivity index (χ1) is 9.67. The Balaban J connectivity index is 2.38. The van der Waals surface area contributed by atoms with Crippen molar-refractivity contribution in [1.29, 1.82) is 0 Å². The van der Waals surface area contributed by atoms with E-state index in [1.807, 2.05) is 25.1 Å². The summed E-state index contributed by atoms with van der Waals surface area (Å²) in [6.45, 7) is 6.05. The molecule has 0 fully saturated rings. The second-order valence-corrected chi connectivity index (χ2v) is 5.00. The van der Waals surface area contributed by atoms with E-state index in [0.29, 0.717) is 13.2 Å². The monoisotopic (exact) mass is 278 g/mol. The highest BCUT2D eigenvalue weighted by atomic mass is 16.5. The number of hydrogen-bond donors (Lipinski definition) is 2. The normalized spacial score (nSPS) is 12.2. The molecule has 20 heavy (non-hydrogen) atoms. The standard InChI is InChI=1S/C16H26N2O2/c1-4-5-9-17-16(19)13(2)18-11-14-7-6-8-15(10-14)12-20-3/h6-8,10,13,18H,4-5,9,11-12H2,1-3H3,(H,17,19). The summed E-state index contributed by atoms with van der Waals surface area (Å²) in [6.07, 6.45) is 2.12. The second kappa shape index (κ2) is 9.50. The molecule has 1 atom stereocenters. The number of unbranched alkanes of at least 4 members (excludes halogenated alkanes) is 1. The van der Waals surface area contributed by atoms with E-state index in [9.17, 15) is 4.79 Å². The molecular weight excluding hydrogens is 252 g/mol. The fourth-order valence-corrected chi connectivity index (χ4v) is 1.90. The maximum absolute atomic E-state index is 11.8. The number of methoxy groups -OCH3 is 1. The van der Waals surface area contributed by atoms with Gasteiger partial charge in [0.1, 0.15) is 0 Å². The molecule has 1 amide bonds. The van der Waals surface area contributed by atoms with Crippen molar-refractivity contribution >= 4 is 5.91 Å². The van der Waals surface area contributed by atoms with Gasteiger partial charge in [0.15, 0.2) is 0 Å². The van der Waals surface area contributed by atoms with Crippen molar-refractivity contribution in [2.24, 2.45) is 0 Å². The summed E-state index contributed by atoms with van der Waals surface area (Å²) in [6, 6.07) is 8.01. The van der Waals surface area contributed by atoms with Crippen LogP contribution in [0.25, 0.3) is 0 Å². The van der Waals surface area contributed by atoms with E-state index < -0.39 is 0 Å². The predicted octanol–water partition coefficient (Wildman–Crippen LogP) is 2.23. The molecule has 0 bridgehead atoms. The number of carbonyl (C=O) groups excluding carboxylic acids is 1. The first-order valence-corrected chi connectivity index (χ1v) is 7.25. The van der Waals surface area contributed by atoms with Crippen molar-refractivity contribution in [3.8, 4) is 0 Å². The minimum atomic E-state index is -0.182. The quantitative estimate of drug-likeness (QED) is 0.681. The van der Waals surface area contributed by atoms with Crippen molar-refractivity contribution < 1.29 is 9.53 Å². The lowest BCUT2D eigenvalue weighted by Crippen LogP contribution is -2.42. The van der Waals surface area contributed by atoms with E-state index in [1.54, 1.807) is 7.11 Å². The van der Waals surface area contributed by atoms with Crippen LogP contribution in [0.2, 0.25) is 0 Å². The predicted molar refractivity (Wildman–Crippen MR) is 81.4 cm³/mol. The molecule has 0 aliphatic carbocycles. The molecule has 1 rings (SSSR count). The van der Waals surface area contributed by atoms with Crippen LogP contribution in [0.15, 0.2) is 24.3 Å². The van der Waals surface area contributed by atoms with Gasteiger partial charge in [0.25, 0.3) is 0 Å². The molecule has 0 saturated carbocycles. The van der Waals surface area contributed by atoms with Gasteiger partial charge in [0.05, 0.1) is 12.6 Å². The van der Waals surface area contributed by atoms with Crippen LogP contribution in [0.1, 0.15) is 37.8 Å². The Kier molecular flexibility index (Phi) is 7.92. The number of ether oxygens (including phenoxy) is 1. The summed E-state index contributed by atoms with van der Waals surface area (Å²) in [7, 11) is 1.69. The Hall–Kier alpha value is -1.39. The van der Waals surface area contributed by atoms with E-state index in [1.165, 1.54) is 0 Å². The molecular formula is C16H26N2O2. The molecule has 4 nitrogen and oxygen atoms in total. The molecule has 0 saturated heterocycles. The van der Waals surface area contributed by atoms with Crippen molar-refractivity contribution in [1.82, 2.24) is 10.6 Å². The SMILES string of the molecule is CCCCNC(=O)C(C)NCc1cccc(COC)c1. The van der Waals surface area contributed by atoms with E-state index in [2.05, 4.69) is 23.6 Å². The number of nitrogens with one attached hydrogen (secondary N) is 2. The Morgan fingerprint density at radius 1 is 1.35 bits per heavy atom. The first-order valence-electron chi connectivity index (χ1n) is 7.25. The van der Waals surface area contributed by atoms with Gasteiger partial charge in [0.2, 0.25) is 5.91 Å². The molecule has 4 heteroatoms. The molecule has 0 radical (unpaired) electrons. The van der Waals surface area contributed by atoms with Crippen LogP contribution in [-0.2, 0) is 22.7 Å². The van der Waals surface area contributed by atoms with Gasteiger partial charge in [-0.2, -0.15) is 0 Å².